The molecule has 0 unspecified atom stereocenters. The number of nitrogens with zero attached hydrogens (tertiary/aromatic N) is 5. The van der Waals surface area contributed by atoms with Crippen molar-refractivity contribution in [2.45, 2.75) is 51.7 Å². The number of H-pyrrole nitrogens is 1. The van der Waals surface area contributed by atoms with Crippen molar-refractivity contribution in [3.05, 3.63) is 35.9 Å². The van der Waals surface area contributed by atoms with Crippen LogP contribution in [-0.2, 0) is 6.42 Å². The van der Waals surface area contributed by atoms with Crippen molar-refractivity contribution in [1.82, 2.24) is 25.1 Å². The zero-order valence-corrected chi connectivity index (χ0v) is 19.0. The highest BCUT2D eigenvalue weighted by Crippen LogP contribution is 2.40. The molecule has 1 aliphatic rings. The van der Waals surface area contributed by atoms with E-state index in [1.54, 1.807) is 7.11 Å². The van der Waals surface area contributed by atoms with Crippen LogP contribution in [0.1, 0.15) is 44.5 Å². The molecule has 4 N–H and O–H groups in total. The van der Waals surface area contributed by atoms with Crippen molar-refractivity contribution < 1.29 is 9.47 Å². The lowest BCUT2D eigenvalue weighted by molar-refractivity contribution is 0.207. The third-order valence-corrected chi connectivity index (χ3v) is 5.40. The second kappa shape index (κ2) is 9.83. The highest BCUT2D eigenvalue weighted by Gasteiger charge is 2.27. The van der Waals surface area contributed by atoms with Gasteiger partial charge in [0.05, 0.1) is 25.2 Å². The third-order valence-electron chi connectivity index (χ3n) is 5.40. The van der Waals surface area contributed by atoms with Crippen molar-refractivity contribution in [3.63, 3.8) is 0 Å². The summed E-state index contributed by atoms with van der Waals surface area (Å²) >= 11 is 0. The number of nitrogens with one attached hydrogen (secondary N) is 2. The number of rotatable bonds is 8. The zero-order chi connectivity index (χ0) is 23.4. The van der Waals surface area contributed by atoms with Crippen LogP contribution in [0.4, 0.5) is 11.6 Å². The van der Waals surface area contributed by atoms with E-state index in [0.29, 0.717) is 40.4 Å². The molecule has 3 aromatic heterocycles. The van der Waals surface area contributed by atoms with Crippen LogP contribution >= 0.6 is 0 Å². The van der Waals surface area contributed by atoms with Gasteiger partial charge in [0.15, 0.2) is 11.5 Å². The minimum absolute atomic E-state index is 0.0483. The van der Waals surface area contributed by atoms with Crippen LogP contribution in [-0.4, -0.2) is 44.4 Å². The number of aromatic nitrogens is 5. The number of nitrogens with two attached hydrogens (primary N) is 1. The van der Waals surface area contributed by atoms with Gasteiger partial charge in [0.25, 0.3) is 0 Å². The molecular formula is C23H28N8O2. The summed E-state index contributed by atoms with van der Waals surface area (Å²) in [5, 5.41) is 19.3. The molecule has 3 heterocycles. The third kappa shape index (κ3) is 5.38. The van der Waals surface area contributed by atoms with E-state index in [1.807, 2.05) is 18.2 Å². The lowest BCUT2D eigenvalue weighted by Gasteiger charge is -2.19. The first-order valence-corrected chi connectivity index (χ1v) is 11.0. The Morgan fingerprint density at radius 1 is 1.24 bits per heavy atom. The maximum atomic E-state index is 8.88. The summed E-state index contributed by atoms with van der Waals surface area (Å²) in [6, 6.07) is 5.92. The first-order chi connectivity index (χ1) is 15.9. The number of ether oxygens (including phenoxy) is 2. The molecule has 1 aliphatic carbocycles. The van der Waals surface area contributed by atoms with E-state index >= 15 is 0 Å². The molecule has 0 radical (unpaired) electrons. The Kier molecular flexibility index (Phi) is 6.70. The number of hydrogen-bond acceptors (Lipinski definition) is 9. The lowest BCUT2D eigenvalue weighted by atomic mass is 10.1. The summed E-state index contributed by atoms with van der Waals surface area (Å²) in [7, 11) is 1.60. The molecule has 0 amide bonds. The topological polar surface area (TPSA) is 148 Å². The molecule has 4 rings (SSSR count). The predicted octanol–water partition coefficient (Wildman–Crippen LogP) is 3.34. The molecule has 3 aromatic rings. The Balaban J connectivity index is 1.66. The van der Waals surface area contributed by atoms with Gasteiger partial charge in [-0.3, -0.25) is 5.10 Å². The van der Waals surface area contributed by atoms with E-state index in [0.717, 1.165) is 31.4 Å². The number of aromatic amines is 1. The molecule has 1 saturated carbocycles. The van der Waals surface area contributed by atoms with E-state index in [2.05, 4.69) is 39.3 Å². The summed E-state index contributed by atoms with van der Waals surface area (Å²) in [5.74, 6) is 2.62. The summed E-state index contributed by atoms with van der Waals surface area (Å²) in [6.45, 7) is 4.30. The maximum absolute atomic E-state index is 8.88. The van der Waals surface area contributed by atoms with Gasteiger partial charge in [-0.25, -0.2) is 15.0 Å². The highest BCUT2D eigenvalue weighted by molar-refractivity contribution is 5.75. The Bertz CT molecular complexity index is 1140. The lowest BCUT2D eigenvalue weighted by Crippen LogP contribution is -2.19. The average Bonchev–Trinajstić information content (AvgIpc) is 3.42. The van der Waals surface area contributed by atoms with Gasteiger partial charge in [0, 0.05) is 23.9 Å². The van der Waals surface area contributed by atoms with Gasteiger partial charge < -0.3 is 20.5 Å². The first-order valence-electron chi connectivity index (χ1n) is 11.0. The Hall–Kier alpha value is -3.71. The summed E-state index contributed by atoms with van der Waals surface area (Å²) in [5.41, 5.74) is 8.66. The fourth-order valence-electron chi connectivity index (χ4n) is 3.91. The summed E-state index contributed by atoms with van der Waals surface area (Å²) < 4.78 is 12.1. The highest BCUT2D eigenvalue weighted by atomic mass is 16.5. The van der Waals surface area contributed by atoms with Crippen LogP contribution in [0.15, 0.2) is 24.5 Å². The molecule has 0 aromatic carbocycles. The van der Waals surface area contributed by atoms with Gasteiger partial charge in [-0.05, 0) is 31.6 Å². The van der Waals surface area contributed by atoms with Gasteiger partial charge in [-0.15, -0.1) is 0 Å². The standard InChI is InChI=1S/C23H28N8O2/c1-13(2)6-15-8-19(33-17-5-4-14(25)7-17)22(23(28-15)32-3)18-9-20(31-30-18)29-21-12-26-16(10-24)11-27-21/h8-9,11-14,17H,4-7,25H2,1-3H3,(H2,27,29,30,31)/t14-,17+/m0/s1. The van der Waals surface area contributed by atoms with Crippen LogP contribution in [0.25, 0.3) is 11.3 Å². The fraction of sp³-hybridized carbons (Fsp3) is 0.435. The van der Waals surface area contributed by atoms with Crippen molar-refractivity contribution in [3.8, 4) is 29.0 Å². The molecule has 1 fully saturated rings. The Labute approximate surface area is 192 Å². The minimum atomic E-state index is 0.0483. The average molecular weight is 449 g/mol. The van der Waals surface area contributed by atoms with E-state index in [4.69, 9.17) is 25.5 Å². The van der Waals surface area contributed by atoms with Gasteiger partial charge in [0.2, 0.25) is 5.88 Å². The van der Waals surface area contributed by atoms with E-state index < -0.39 is 0 Å². The second-order valence-corrected chi connectivity index (χ2v) is 8.60. The predicted molar refractivity (Wildman–Crippen MR) is 123 cm³/mol. The first kappa shape index (κ1) is 22.5. The van der Waals surface area contributed by atoms with Gasteiger partial charge in [-0.2, -0.15) is 10.4 Å². The van der Waals surface area contributed by atoms with Crippen LogP contribution in [0, 0.1) is 17.2 Å². The largest absolute Gasteiger partial charge is 0.489 e. The second-order valence-electron chi connectivity index (χ2n) is 8.60. The van der Waals surface area contributed by atoms with Crippen LogP contribution < -0.4 is 20.5 Å². The molecule has 10 heteroatoms. The molecule has 0 aliphatic heterocycles. The summed E-state index contributed by atoms with van der Waals surface area (Å²) in [6.07, 6.45) is 6.42. The van der Waals surface area contributed by atoms with E-state index in [1.165, 1.54) is 12.4 Å². The molecule has 172 valence electrons. The molecule has 2 atom stereocenters. The fourth-order valence-corrected chi connectivity index (χ4v) is 3.91. The molecule has 0 bridgehead atoms. The number of pyridine rings is 1. The maximum Gasteiger partial charge on any atom is 0.226 e. The smallest absolute Gasteiger partial charge is 0.226 e. The Morgan fingerprint density at radius 2 is 2.09 bits per heavy atom. The Morgan fingerprint density at radius 3 is 2.73 bits per heavy atom. The van der Waals surface area contributed by atoms with Crippen LogP contribution in [0.3, 0.4) is 0 Å². The molecule has 0 spiro atoms. The zero-order valence-electron chi connectivity index (χ0n) is 19.0. The number of nitriles is 1. The van der Waals surface area contributed by atoms with E-state index in [-0.39, 0.29) is 17.8 Å². The number of anilines is 2. The number of hydrogen-bond donors (Lipinski definition) is 3. The van der Waals surface area contributed by atoms with E-state index in [9.17, 15) is 0 Å². The van der Waals surface area contributed by atoms with Crippen molar-refractivity contribution in [1.29, 1.82) is 5.26 Å². The summed E-state index contributed by atoms with van der Waals surface area (Å²) in [4.78, 5) is 12.9. The molecule has 10 nitrogen and oxygen atoms in total. The van der Waals surface area contributed by atoms with Gasteiger partial charge in [-0.1, -0.05) is 13.8 Å². The van der Waals surface area contributed by atoms with Crippen molar-refractivity contribution in [2.75, 3.05) is 12.4 Å². The normalized spacial score (nSPS) is 17.7. The molecular weight excluding hydrogens is 420 g/mol. The quantitative estimate of drug-likeness (QED) is 0.472. The molecule has 0 saturated heterocycles. The number of methoxy groups -OCH3 is 1. The van der Waals surface area contributed by atoms with Gasteiger partial charge in [0.1, 0.15) is 29.3 Å². The van der Waals surface area contributed by atoms with Crippen molar-refractivity contribution >= 4 is 11.6 Å². The SMILES string of the molecule is COc1nc(CC(C)C)cc(O[C@@H]2CC[C@H](N)C2)c1-c1cc(Nc2cnc(C#N)cn2)n[nH]1. The van der Waals surface area contributed by atoms with Crippen LogP contribution in [0.2, 0.25) is 0 Å². The van der Waals surface area contributed by atoms with Crippen LogP contribution in [0.5, 0.6) is 11.6 Å². The molecule has 33 heavy (non-hydrogen) atoms. The monoisotopic (exact) mass is 448 g/mol. The van der Waals surface area contributed by atoms with Crippen molar-refractivity contribution in [2.24, 2.45) is 11.7 Å². The minimum Gasteiger partial charge on any atom is -0.489 e. The van der Waals surface area contributed by atoms with Gasteiger partial charge >= 0.3 is 0 Å².